The van der Waals surface area contributed by atoms with E-state index >= 15 is 0 Å². The maximum atomic E-state index is 12.8. The lowest BCUT2D eigenvalue weighted by Gasteiger charge is -2.34. The number of carbonyl (C=O) groups excluding carboxylic acids is 1. The number of sulfonamides is 1. The Bertz CT molecular complexity index is 1010. The molecular formula is C19H21N3O5S. The summed E-state index contributed by atoms with van der Waals surface area (Å²) in [5, 5.41) is 11.1. The SMILES string of the molecule is Cc1ccc(S(=O)(=O)N2CCN(C(=O)c3cccc([N+](=O)[O-])c3C)CC2)cc1. The Labute approximate surface area is 163 Å². The van der Waals surface area contributed by atoms with Crippen molar-refractivity contribution >= 4 is 21.6 Å². The van der Waals surface area contributed by atoms with Crippen LogP contribution in [0.25, 0.3) is 0 Å². The molecule has 28 heavy (non-hydrogen) atoms. The van der Waals surface area contributed by atoms with Crippen LogP contribution in [0.5, 0.6) is 0 Å². The number of aryl methyl sites for hydroxylation is 1. The van der Waals surface area contributed by atoms with E-state index in [1.165, 1.54) is 21.3 Å². The summed E-state index contributed by atoms with van der Waals surface area (Å²) < 4.78 is 26.9. The monoisotopic (exact) mass is 403 g/mol. The maximum Gasteiger partial charge on any atom is 0.273 e. The van der Waals surface area contributed by atoms with Crippen LogP contribution < -0.4 is 0 Å². The predicted molar refractivity (Wildman–Crippen MR) is 104 cm³/mol. The molecule has 0 N–H and O–H groups in total. The van der Waals surface area contributed by atoms with Crippen molar-refractivity contribution in [2.45, 2.75) is 18.7 Å². The van der Waals surface area contributed by atoms with Gasteiger partial charge in [-0.25, -0.2) is 8.42 Å². The van der Waals surface area contributed by atoms with Gasteiger partial charge in [-0.15, -0.1) is 0 Å². The van der Waals surface area contributed by atoms with Gasteiger partial charge in [0.15, 0.2) is 0 Å². The quantitative estimate of drug-likeness (QED) is 0.576. The fourth-order valence-electron chi connectivity index (χ4n) is 3.21. The second-order valence-electron chi connectivity index (χ2n) is 6.72. The summed E-state index contributed by atoms with van der Waals surface area (Å²) in [4.78, 5) is 25.1. The number of rotatable bonds is 4. The number of benzene rings is 2. The van der Waals surface area contributed by atoms with E-state index in [9.17, 15) is 23.3 Å². The van der Waals surface area contributed by atoms with Gasteiger partial charge in [0, 0.05) is 43.4 Å². The van der Waals surface area contributed by atoms with Crippen LogP contribution in [0.1, 0.15) is 21.5 Å². The highest BCUT2D eigenvalue weighted by Crippen LogP contribution is 2.24. The Morgan fingerprint density at radius 1 is 1.00 bits per heavy atom. The lowest BCUT2D eigenvalue weighted by molar-refractivity contribution is -0.385. The van der Waals surface area contributed by atoms with E-state index in [2.05, 4.69) is 0 Å². The molecule has 0 radical (unpaired) electrons. The average molecular weight is 403 g/mol. The molecule has 1 fully saturated rings. The first-order valence-electron chi connectivity index (χ1n) is 8.82. The van der Waals surface area contributed by atoms with E-state index in [1.54, 1.807) is 37.3 Å². The highest BCUT2D eigenvalue weighted by Gasteiger charge is 2.31. The highest BCUT2D eigenvalue weighted by atomic mass is 32.2. The van der Waals surface area contributed by atoms with Crippen LogP contribution in [0.15, 0.2) is 47.4 Å². The zero-order valence-electron chi connectivity index (χ0n) is 15.7. The number of nitro groups is 1. The summed E-state index contributed by atoms with van der Waals surface area (Å²) in [7, 11) is -3.61. The van der Waals surface area contributed by atoms with Crippen molar-refractivity contribution in [3.63, 3.8) is 0 Å². The number of nitro benzene ring substituents is 1. The molecule has 0 spiro atoms. The Morgan fingerprint density at radius 3 is 2.18 bits per heavy atom. The van der Waals surface area contributed by atoms with Crippen LogP contribution in [0, 0.1) is 24.0 Å². The van der Waals surface area contributed by atoms with Crippen molar-refractivity contribution in [2.24, 2.45) is 0 Å². The number of amides is 1. The van der Waals surface area contributed by atoms with Crippen LogP contribution in [0.3, 0.4) is 0 Å². The number of piperazine rings is 1. The summed E-state index contributed by atoms with van der Waals surface area (Å²) in [5.41, 5.74) is 1.45. The summed E-state index contributed by atoms with van der Waals surface area (Å²) in [5.74, 6) is -0.325. The number of nitrogens with zero attached hydrogens (tertiary/aromatic N) is 3. The predicted octanol–water partition coefficient (Wildman–Crippen LogP) is 2.36. The van der Waals surface area contributed by atoms with Crippen LogP contribution >= 0.6 is 0 Å². The normalized spacial score (nSPS) is 15.4. The topological polar surface area (TPSA) is 101 Å². The van der Waals surface area contributed by atoms with Crippen molar-refractivity contribution in [2.75, 3.05) is 26.2 Å². The van der Waals surface area contributed by atoms with E-state index < -0.39 is 14.9 Å². The molecule has 0 atom stereocenters. The standard InChI is InChI=1S/C19H21N3O5S/c1-14-6-8-16(9-7-14)28(26,27)21-12-10-20(11-13-21)19(23)17-4-3-5-18(15(17)2)22(24)25/h3-9H,10-13H2,1-2H3. The van der Waals surface area contributed by atoms with Gasteiger partial charge in [-0.1, -0.05) is 23.8 Å². The third-order valence-corrected chi connectivity index (χ3v) is 6.83. The Hall–Kier alpha value is -2.78. The van der Waals surface area contributed by atoms with Crippen molar-refractivity contribution in [3.05, 3.63) is 69.3 Å². The lowest BCUT2D eigenvalue weighted by Crippen LogP contribution is -2.50. The summed E-state index contributed by atoms with van der Waals surface area (Å²) in [6.45, 7) is 4.24. The molecule has 2 aromatic rings. The molecule has 1 aliphatic heterocycles. The summed E-state index contributed by atoms with van der Waals surface area (Å²) in [6.07, 6.45) is 0. The van der Waals surface area contributed by atoms with Gasteiger partial charge >= 0.3 is 0 Å². The summed E-state index contributed by atoms with van der Waals surface area (Å²) in [6, 6.07) is 11.0. The average Bonchev–Trinajstić information content (AvgIpc) is 2.68. The van der Waals surface area contributed by atoms with E-state index in [4.69, 9.17) is 0 Å². The third-order valence-electron chi connectivity index (χ3n) is 4.92. The first-order valence-corrected chi connectivity index (χ1v) is 10.3. The molecule has 1 heterocycles. The van der Waals surface area contributed by atoms with Crippen LogP contribution in [-0.4, -0.2) is 54.6 Å². The molecule has 0 bridgehead atoms. The minimum Gasteiger partial charge on any atom is -0.336 e. The molecule has 1 amide bonds. The lowest BCUT2D eigenvalue weighted by atomic mass is 10.1. The van der Waals surface area contributed by atoms with E-state index in [-0.39, 0.29) is 48.2 Å². The largest absolute Gasteiger partial charge is 0.336 e. The van der Waals surface area contributed by atoms with Crippen molar-refractivity contribution < 1.29 is 18.1 Å². The van der Waals surface area contributed by atoms with Crippen LogP contribution in [0.2, 0.25) is 0 Å². The van der Waals surface area contributed by atoms with Crippen molar-refractivity contribution in [1.29, 1.82) is 0 Å². The Kier molecular flexibility index (Phi) is 5.48. The molecule has 1 aliphatic rings. The molecule has 2 aromatic carbocycles. The molecule has 9 heteroatoms. The molecule has 0 saturated carbocycles. The maximum absolute atomic E-state index is 12.8. The first kappa shape index (κ1) is 20.0. The Balaban J connectivity index is 1.73. The number of hydrogen-bond donors (Lipinski definition) is 0. The zero-order valence-corrected chi connectivity index (χ0v) is 16.5. The molecule has 148 valence electrons. The minimum absolute atomic E-state index is 0.105. The van der Waals surface area contributed by atoms with E-state index in [0.29, 0.717) is 5.56 Å². The van der Waals surface area contributed by atoms with Gasteiger partial charge in [-0.2, -0.15) is 4.31 Å². The van der Waals surface area contributed by atoms with Gasteiger partial charge in [-0.3, -0.25) is 14.9 Å². The smallest absolute Gasteiger partial charge is 0.273 e. The molecule has 3 rings (SSSR count). The molecule has 1 saturated heterocycles. The number of carbonyl (C=O) groups is 1. The fraction of sp³-hybridized carbons (Fsp3) is 0.316. The fourth-order valence-corrected chi connectivity index (χ4v) is 4.64. The van der Waals surface area contributed by atoms with Crippen LogP contribution in [0.4, 0.5) is 5.69 Å². The van der Waals surface area contributed by atoms with E-state index in [1.807, 2.05) is 6.92 Å². The number of hydrogen-bond acceptors (Lipinski definition) is 5. The molecule has 8 nitrogen and oxygen atoms in total. The first-order chi connectivity index (χ1) is 13.2. The van der Waals surface area contributed by atoms with Gasteiger partial charge in [0.1, 0.15) is 0 Å². The Morgan fingerprint density at radius 2 is 1.61 bits per heavy atom. The van der Waals surface area contributed by atoms with Gasteiger partial charge in [0.05, 0.1) is 9.82 Å². The summed E-state index contributed by atoms with van der Waals surface area (Å²) >= 11 is 0. The van der Waals surface area contributed by atoms with Gasteiger partial charge in [0.2, 0.25) is 10.0 Å². The second-order valence-corrected chi connectivity index (χ2v) is 8.65. The molecule has 0 aliphatic carbocycles. The highest BCUT2D eigenvalue weighted by molar-refractivity contribution is 7.89. The van der Waals surface area contributed by atoms with Crippen molar-refractivity contribution in [3.8, 4) is 0 Å². The minimum atomic E-state index is -3.61. The van der Waals surface area contributed by atoms with Gasteiger partial charge in [0.25, 0.3) is 11.6 Å². The molecule has 0 aromatic heterocycles. The second kappa shape index (κ2) is 7.69. The zero-order chi connectivity index (χ0) is 20.5. The molecule has 0 unspecified atom stereocenters. The van der Waals surface area contributed by atoms with Crippen LogP contribution in [-0.2, 0) is 10.0 Å². The van der Waals surface area contributed by atoms with Gasteiger partial charge < -0.3 is 4.90 Å². The molecular weight excluding hydrogens is 382 g/mol. The van der Waals surface area contributed by atoms with Gasteiger partial charge in [-0.05, 0) is 32.0 Å². The third kappa shape index (κ3) is 3.76. The van der Waals surface area contributed by atoms with Crippen molar-refractivity contribution in [1.82, 2.24) is 9.21 Å². The van der Waals surface area contributed by atoms with E-state index in [0.717, 1.165) is 5.56 Å².